The molecule has 0 saturated carbocycles. The number of ketones is 1. The van der Waals surface area contributed by atoms with E-state index in [4.69, 9.17) is 2.74 Å². The molecule has 2 aromatic carbocycles. The molecule has 0 bridgehead atoms. The molecule has 0 aliphatic heterocycles. The van der Waals surface area contributed by atoms with E-state index >= 15 is 0 Å². The van der Waals surface area contributed by atoms with Crippen molar-refractivity contribution in [1.82, 2.24) is 0 Å². The summed E-state index contributed by atoms with van der Waals surface area (Å²) in [4.78, 5) is 11.1. The van der Waals surface area contributed by atoms with Gasteiger partial charge >= 0.3 is 0 Å². The van der Waals surface area contributed by atoms with E-state index in [1.165, 1.54) is 6.92 Å². The first-order valence-electron chi connectivity index (χ1n) is 6.75. The van der Waals surface area contributed by atoms with Gasteiger partial charge < -0.3 is 4.79 Å². The van der Waals surface area contributed by atoms with Crippen LogP contribution in [0.5, 0.6) is 0 Å². The fourth-order valence-corrected chi connectivity index (χ4v) is 1.63. The summed E-state index contributed by atoms with van der Waals surface area (Å²) in [5.41, 5.74) is 2.89. The summed E-state index contributed by atoms with van der Waals surface area (Å²) in [6.45, 7) is 1.36. The Balaban J connectivity index is 2.22. The quantitative estimate of drug-likeness (QED) is 0.773. The normalized spacial score (nSPS) is 15.6. The minimum absolute atomic E-state index is 0.271. The summed E-state index contributed by atoms with van der Waals surface area (Å²) in [7, 11) is 0. The average molecular weight is 226 g/mol. The zero-order valence-corrected chi connectivity index (χ0v) is 9.76. The van der Waals surface area contributed by atoms with Crippen LogP contribution in [0.25, 0.3) is 11.1 Å². The van der Waals surface area contributed by atoms with Crippen LogP contribution in [0.3, 0.4) is 0 Å². The van der Waals surface area contributed by atoms with Crippen molar-refractivity contribution < 1.29 is 7.54 Å². The van der Waals surface area contributed by atoms with Crippen molar-refractivity contribution in [1.29, 1.82) is 0 Å². The molecule has 0 heterocycles. The van der Waals surface area contributed by atoms with Gasteiger partial charge in [-0.15, -0.1) is 0 Å². The van der Waals surface area contributed by atoms with Crippen molar-refractivity contribution in [3.63, 3.8) is 0 Å². The Morgan fingerprint density at radius 3 is 2.18 bits per heavy atom. The van der Waals surface area contributed by atoms with E-state index in [0.717, 1.165) is 11.1 Å². The van der Waals surface area contributed by atoms with Gasteiger partial charge in [-0.2, -0.15) is 0 Å². The van der Waals surface area contributed by atoms with E-state index in [1.54, 1.807) is 0 Å². The second-order valence-corrected chi connectivity index (χ2v) is 3.93. The van der Waals surface area contributed by atoms with Gasteiger partial charge in [0.15, 0.2) is 0 Å². The first kappa shape index (κ1) is 9.17. The number of hydrogen-bond acceptors (Lipinski definition) is 1. The number of hydrogen-bond donors (Lipinski definition) is 0. The Morgan fingerprint density at radius 1 is 1.00 bits per heavy atom. The molecule has 0 saturated heterocycles. The van der Waals surface area contributed by atoms with Gasteiger partial charge in [0.25, 0.3) is 0 Å². The molecule has 0 spiro atoms. The Labute approximate surface area is 105 Å². The number of benzene rings is 2. The van der Waals surface area contributed by atoms with Gasteiger partial charge in [0.05, 0.1) is 0 Å². The molecule has 2 unspecified atom stereocenters. The molecule has 2 aromatic rings. The van der Waals surface area contributed by atoms with Gasteiger partial charge in [-0.3, -0.25) is 0 Å². The summed E-state index contributed by atoms with van der Waals surface area (Å²) >= 11 is 0. The molecule has 1 nitrogen and oxygen atoms in total. The van der Waals surface area contributed by atoms with Crippen LogP contribution in [0.4, 0.5) is 0 Å². The highest BCUT2D eigenvalue weighted by molar-refractivity contribution is 5.75. The number of Topliss-reactive ketones (excluding diaryl/α,β-unsaturated/α-hetero) is 1. The van der Waals surface area contributed by atoms with E-state index in [0.29, 0.717) is 5.56 Å². The van der Waals surface area contributed by atoms with Gasteiger partial charge in [-0.1, -0.05) is 54.6 Å². The smallest absolute Gasteiger partial charge is 0.130 e. The Bertz CT molecular complexity index is 549. The first-order chi connectivity index (χ1) is 9.09. The molecular formula is C16H16O. The lowest BCUT2D eigenvalue weighted by Crippen LogP contribution is -1.93. The highest BCUT2D eigenvalue weighted by Crippen LogP contribution is 2.19. The van der Waals surface area contributed by atoms with Crippen molar-refractivity contribution in [2.45, 2.75) is 19.7 Å². The van der Waals surface area contributed by atoms with Crippen LogP contribution >= 0.6 is 0 Å². The second kappa shape index (κ2) is 5.44. The van der Waals surface area contributed by atoms with Crippen LogP contribution in [-0.2, 0) is 11.2 Å². The third-order valence-electron chi connectivity index (χ3n) is 2.53. The lowest BCUT2D eigenvalue weighted by molar-refractivity contribution is -0.116. The lowest BCUT2D eigenvalue weighted by atomic mass is 10.0. The highest BCUT2D eigenvalue weighted by Gasteiger charge is 1.99. The van der Waals surface area contributed by atoms with E-state index in [1.807, 2.05) is 54.6 Å². The first-order valence-corrected chi connectivity index (χ1v) is 5.60. The molecule has 86 valence electrons. The third kappa shape index (κ3) is 3.28. The summed E-state index contributed by atoms with van der Waals surface area (Å²) in [5.74, 6) is -0.271. The van der Waals surface area contributed by atoms with Gasteiger partial charge in [0, 0.05) is 9.14 Å². The average Bonchev–Trinajstić information content (AvgIpc) is 2.46. The fourth-order valence-electron chi connectivity index (χ4n) is 1.63. The molecule has 1 heteroatoms. The van der Waals surface area contributed by atoms with Crippen LogP contribution in [0, 0.1) is 0 Å². The maximum absolute atomic E-state index is 11.1. The summed E-state index contributed by atoms with van der Waals surface area (Å²) in [5, 5.41) is 0. The molecule has 0 aliphatic rings. The van der Waals surface area contributed by atoms with Crippen LogP contribution in [-0.4, -0.2) is 5.78 Å². The molecule has 2 rings (SSSR count). The van der Waals surface area contributed by atoms with Crippen molar-refractivity contribution in [2.24, 2.45) is 0 Å². The van der Waals surface area contributed by atoms with Crippen molar-refractivity contribution in [3.8, 4) is 11.1 Å². The number of carbonyl (C=O) groups is 1. The number of aryl methyl sites for hydroxylation is 1. The Hall–Kier alpha value is -1.89. The molecule has 0 N–H and O–H groups in total. The maximum Gasteiger partial charge on any atom is 0.130 e. The summed E-state index contributed by atoms with van der Waals surface area (Å²) in [6.07, 6.45) is -1.83. The van der Waals surface area contributed by atoms with Crippen LogP contribution in [0.1, 0.15) is 21.6 Å². The van der Waals surface area contributed by atoms with Gasteiger partial charge in [0.2, 0.25) is 0 Å². The van der Waals surface area contributed by atoms with E-state index in [9.17, 15) is 4.79 Å². The highest BCUT2D eigenvalue weighted by atomic mass is 16.1. The molecule has 17 heavy (non-hydrogen) atoms. The van der Waals surface area contributed by atoms with E-state index in [-0.39, 0.29) is 5.78 Å². The van der Waals surface area contributed by atoms with E-state index in [2.05, 4.69) is 0 Å². The predicted octanol–water partition coefficient (Wildman–Crippen LogP) is 3.88. The van der Waals surface area contributed by atoms with Gasteiger partial charge in [-0.25, -0.2) is 0 Å². The standard InChI is InChI=1S/C16H16O/c1-13(17)7-8-14-9-11-16(12-10-14)15-5-3-2-4-6-15/h2-6,9-12H,7-8H2,1H3/i7D,8D. The second-order valence-electron chi connectivity index (χ2n) is 3.93. The van der Waals surface area contributed by atoms with E-state index < -0.39 is 12.8 Å². The van der Waals surface area contributed by atoms with Crippen LogP contribution in [0.2, 0.25) is 0 Å². The minimum Gasteiger partial charge on any atom is -0.300 e. The van der Waals surface area contributed by atoms with Crippen molar-refractivity contribution in [3.05, 3.63) is 60.2 Å². The Morgan fingerprint density at radius 2 is 1.59 bits per heavy atom. The zero-order chi connectivity index (χ0) is 13.8. The fraction of sp³-hybridized carbons (Fsp3) is 0.188. The molecule has 0 amide bonds. The molecule has 0 fully saturated rings. The summed E-state index contributed by atoms with van der Waals surface area (Å²) in [6, 6.07) is 17.5. The van der Waals surface area contributed by atoms with Crippen LogP contribution < -0.4 is 0 Å². The lowest BCUT2D eigenvalue weighted by Gasteiger charge is -2.03. The summed E-state index contributed by atoms with van der Waals surface area (Å²) < 4.78 is 15.6. The predicted molar refractivity (Wildman–Crippen MR) is 70.9 cm³/mol. The molecule has 0 aliphatic carbocycles. The molecule has 0 radical (unpaired) electrons. The topological polar surface area (TPSA) is 17.1 Å². The van der Waals surface area contributed by atoms with Crippen molar-refractivity contribution >= 4 is 5.78 Å². The molecule has 0 aromatic heterocycles. The molecule has 2 atom stereocenters. The molecular weight excluding hydrogens is 208 g/mol. The number of rotatable bonds is 4. The minimum atomic E-state index is -1.01. The van der Waals surface area contributed by atoms with Gasteiger partial charge in [-0.05, 0) is 30.0 Å². The Kier molecular flexibility index (Phi) is 2.94. The SMILES string of the molecule is [2H]C(C(C)=O)C([2H])c1ccc(-c2ccccc2)cc1. The van der Waals surface area contributed by atoms with Crippen molar-refractivity contribution in [2.75, 3.05) is 0 Å². The van der Waals surface area contributed by atoms with Crippen LogP contribution in [0.15, 0.2) is 54.6 Å². The number of carbonyl (C=O) groups excluding carboxylic acids is 1. The third-order valence-corrected chi connectivity index (χ3v) is 2.53. The zero-order valence-electron chi connectivity index (χ0n) is 11.8. The monoisotopic (exact) mass is 226 g/mol. The van der Waals surface area contributed by atoms with Gasteiger partial charge in [0.1, 0.15) is 5.78 Å². The largest absolute Gasteiger partial charge is 0.300 e. The maximum atomic E-state index is 11.1.